The van der Waals surface area contributed by atoms with Gasteiger partial charge in [-0.05, 0) is 82.4 Å². The fourth-order valence-electron chi connectivity index (χ4n) is 6.47. The summed E-state index contributed by atoms with van der Waals surface area (Å²) in [6, 6.07) is 4.09. The summed E-state index contributed by atoms with van der Waals surface area (Å²) in [5, 5.41) is 0. The van der Waals surface area contributed by atoms with E-state index in [1.54, 1.807) is 0 Å². The van der Waals surface area contributed by atoms with Crippen LogP contribution in [0.4, 0.5) is 0 Å². The normalized spacial score (nSPS) is 24.1. The van der Waals surface area contributed by atoms with Gasteiger partial charge in [-0.1, -0.05) is 57.1 Å². The van der Waals surface area contributed by atoms with E-state index in [1.165, 1.54) is 19.8 Å². The molecule has 8 heteroatoms. The molecule has 0 radical (unpaired) electrons. The summed E-state index contributed by atoms with van der Waals surface area (Å²) in [4.78, 5) is 0. The van der Waals surface area contributed by atoms with E-state index in [0.717, 1.165) is 107 Å². The molecule has 2 saturated carbocycles. The molecule has 0 saturated heterocycles. The molecule has 214 valence electrons. The number of aryl methyl sites for hydroxylation is 1. The maximum absolute atomic E-state index is 14.1. The molecule has 3 atom stereocenters. The molecule has 3 aliphatic rings. The summed E-state index contributed by atoms with van der Waals surface area (Å²) in [6.45, 7) is 4.35. The Morgan fingerprint density at radius 2 is 1.32 bits per heavy atom. The van der Waals surface area contributed by atoms with Gasteiger partial charge in [0.05, 0.1) is 11.3 Å². The Kier molecular flexibility index (Phi) is 10.7. The molecule has 4 rings (SSSR count). The summed E-state index contributed by atoms with van der Waals surface area (Å²) < 4.78 is 52.6. The molecule has 3 aliphatic carbocycles. The molecule has 0 amide bonds. The van der Waals surface area contributed by atoms with Crippen LogP contribution < -0.4 is 9.05 Å². The van der Waals surface area contributed by atoms with Gasteiger partial charge >= 0.3 is 15.2 Å². The molecule has 1 aromatic rings. The Hall–Kier alpha value is -1.06. The van der Waals surface area contributed by atoms with E-state index >= 15 is 0 Å². The SMILES string of the molecule is CCCCCc1cc(OP(=O)(OC)C2CCCC2)c(C2C=C(C)CCC2)c(OP(=O)(OC)C2CCCC2)c1. The molecule has 1 aromatic carbocycles. The number of unbranched alkanes of at least 4 members (excludes halogenated alkanes) is 2. The third-order valence-electron chi connectivity index (χ3n) is 8.68. The van der Waals surface area contributed by atoms with Gasteiger partial charge in [-0.3, -0.25) is 0 Å². The van der Waals surface area contributed by atoms with E-state index in [9.17, 15) is 9.13 Å². The van der Waals surface area contributed by atoms with Gasteiger partial charge in [0.1, 0.15) is 11.5 Å². The summed E-state index contributed by atoms with van der Waals surface area (Å²) in [7, 11) is -3.77. The quantitative estimate of drug-likeness (QED) is 0.134. The minimum atomic E-state index is -3.39. The van der Waals surface area contributed by atoms with E-state index in [4.69, 9.17) is 18.1 Å². The van der Waals surface area contributed by atoms with Crippen molar-refractivity contribution in [2.45, 2.75) is 127 Å². The van der Waals surface area contributed by atoms with Gasteiger partial charge in [0.25, 0.3) is 0 Å². The minimum Gasteiger partial charge on any atom is -0.424 e. The lowest BCUT2D eigenvalue weighted by Crippen LogP contribution is -2.15. The largest absolute Gasteiger partial charge is 0.424 e. The molecule has 2 fully saturated rings. The zero-order valence-electron chi connectivity index (χ0n) is 23.9. The maximum atomic E-state index is 14.1. The van der Waals surface area contributed by atoms with Crippen molar-refractivity contribution in [2.75, 3.05) is 14.2 Å². The van der Waals surface area contributed by atoms with Crippen LogP contribution in [0.2, 0.25) is 0 Å². The number of hydrogen-bond acceptors (Lipinski definition) is 6. The highest BCUT2D eigenvalue weighted by atomic mass is 31.2. The average Bonchev–Trinajstić information content (AvgIpc) is 3.64. The first-order valence-corrected chi connectivity index (χ1v) is 18.1. The van der Waals surface area contributed by atoms with Crippen molar-refractivity contribution in [1.82, 2.24) is 0 Å². The first-order chi connectivity index (χ1) is 18.3. The van der Waals surface area contributed by atoms with E-state index < -0.39 is 15.2 Å². The lowest BCUT2D eigenvalue weighted by molar-refractivity contribution is 0.303. The molecule has 3 unspecified atom stereocenters. The van der Waals surface area contributed by atoms with Crippen LogP contribution in [0.3, 0.4) is 0 Å². The lowest BCUT2D eigenvalue weighted by atomic mass is 9.84. The van der Waals surface area contributed by atoms with Gasteiger partial charge in [0.2, 0.25) is 0 Å². The van der Waals surface area contributed by atoms with Gasteiger partial charge < -0.3 is 18.1 Å². The first kappa shape index (κ1) is 29.9. The topological polar surface area (TPSA) is 71.1 Å². The van der Waals surface area contributed by atoms with Crippen molar-refractivity contribution in [3.8, 4) is 11.5 Å². The van der Waals surface area contributed by atoms with Crippen molar-refractivity contribution in [2.24, 2.45) is 0 Å². The predicted molar refractivity (Wildman–Crippen MR) is 155 cm³/mol. The monoisotopic (exact) mass is 566 g/mol. The Morgan fingerprint density at radius 1 is 0.789 bits per heavy atom. The molecule has 0 spiro atoms. The van der Waals surface area contributed by atoms with E-state index in [2.05, 4.69) is 19.9 Å². The number of allylic oxidation sites excluding steroid dienone is 2. The van der Waals surface area contributed by atoms with Crippen LogP contribution in [0.1, 0.15) is 121 Å². The minimum absolute atomic E-state index is 0.0289. The second-order valence-corrected chi connectivity index (χ2v) is 16.2. The van der Waals surface area contributed by atoms with Crippen molar-refractivity contribution in [1.29, 1.82) is 0 Å². The molecule has 0 N–H and O–H groups in total. The third-order valence-corrected chi connectivity index (χ3v) is 13.4. The lowest BCUT2D eigenvalue weighted by Gasteiger charge is -2.30. The predicted octanol–water partition coefficient (Wildman–Crippen LogP) is 9.95. The number of hydrogen-bond donors (Lipinski definition) is 0. The van der Waals surface area contributed by atoms with Crippen LogP contribution in [-0.4, -0.2) is 25.5 Å². The molecule has 38 heavy (non-hydrogen) atoms. The Balaban J connectivity index is 1.83. The molecule has 0 aliphatic heterocycles. The van der Waals surface area contributed by atoms with E-state index in [0.29, 0.717) is 11.5 Å². The number of benzene rings is 1. The van der Waals surface area contributed by atoms with E-state index in [-0.39, 0.29) is 17.2 Å². The van der Waals surface area contributed by atoms with Crippen molar-refractivity contribution < 1.29 is 27.2 Å². The molecular formula is C30H48O6P2. The molecular weight excluding hydrogens is 518 g/mol. The third kappa shape index (κ3) is 6.98. The Bertz CT molecular complexity index is 994. The second-order valence-electron chi connectivity index (χ2n) is 11.5. The highest BCUT2D eigenvalue weighted by molar-refractivity contribution is 7.55. The van der Waals surface area contributed by atoms with Gasteiger partial charge in [-0.25, -0.2) is 9.13 Å². The zero-order valence-corrected chi connectivity index (χ0v) is 25.7. The second kappa shape index (κ2) is 13.5. The maximum Gasteiger partial charge on any atom is 0.381 e. The highest BCUT2D eigenvalue weighted by Crippen LogP contribution is 2.62. The standard InChI is InChI=1S/C30H48O6P2/c1-5-6-7-14-24-21-28(35-37(31,33-3)26-16-8-9-17-26)30(25-15-12-13-23(2)20-25)29(22-24)36-38(32,34-4)27-18-10-11-19-27/h20-22,25-27H,5-19H2,1-4H3. The summed E-state index contributed by atoms with van der Waals surface area (Å²) in [5.74, 6) is 1.16. The van der Waals surface area contributed by atoms with Crippen LogP contribution in [0.15, 0.2) is 23.8 Å². The van der Waals surface area contributed by atoms with Crippen LogP contribution in [-0.2, 0) is 24.6 Å². The van der Waals surface area contributed by atoms with Crippen LogP contribution >= 0.6 is 15.2 Å². The van der Waals surface area contributed by atoms with Gasteiger partial charge in [0, 0.05) is 25.7 Å². The molecule has 0 aromatic heterocycles. The van der Waals surface area contributed by atoms with Crippen molar-refractivity contribution in [3.63, 3.8) is 0 Å². The summed E-state index contributed by atoms with van der Waals surface area (Å²) in [6.07, 6.45) is 17.0. The van der Waals surface area contributed by atoms with Crippen LogP contribution in [0.5, 0.6) is 11.5 Å². The fourth-order valence-corrected chi connectivity index (χ4v) is 10.4. The first-order valence-electron chi connectivity index (χ1n) is 14.9. The van der Waals surface area contributed by atoms with Crippen LogP contribution in [0.25, 0.3) is 0 Å². The summed E-state index contributed by atoms with van der Waals surface area (Å²) >= 11 is 0. The Labute approximate surface area is 230 Å². The van der Waals surface area contributed by atoms with Crippen LogP contribution in [0, 0.1) is 0 Å². The molecule has 6 nitrogen and oxygen atoms in total. The fraction of sp³-hybridized carbons (Fsp3) is 0.733. The van der Waals surface area contributed by atoms with Gasteiger partial charge in [-0.15, -0.1) is 0 Å². The smallest absolute Gasteiger partial charge is 0.381 e. The molecule has 0 bridgehead atoms. The molecule has 0 heterocycles. The van der Waals surface area contributed by atoms with Gasteiger partial charge in [0.15, 0.2) is 0 Å². The average molecular weight is 567 g/mol. The van der Waals surface area contributed by atoms with E-state index in [1.807, 2.05) is 12.1 Å². The highest BCUT2D eigenvalue weighted by Gasteiger charge is 2.42. The van der Waals surface area contributed by atoms with Gasteiger partial charge in [-0.2, -0.15) is 0 Å². The Morgan fingerprint density at radius 3 is 1.76 bits per heavy atom. The number of rotatable bonds is 13. The van der Waals surface area contributed by atoms with Crippen molar-refractivity contribution >= 4 is 15.2 Å². The zero-order chi connectivity index (χ0) is 27.2. The van der Waals surface area contributed by atoms with Crippen molar-refractivity contribution in [3.05, 3.63) is 34.9 Å². The summed E-state index contributed by atoms with van der Waals surface area (Å²) in [5.41, 5.74) is 3.02.